The van der Waals surface area contributed by atoms with Crippen LogP contribution in [0.4, 0.5) is 0 Å². The summed E-state index contributed by atoms with van der Waals surface area (Å²) in [5.41, 5.74) is 0. The molecular formula is C18H30O2. The number of aliphatic carboxylic acids is 1. The van der Waals surface area contributed by atoms with Gasteiger partial charge in [-0.15, -0.1) is 0 Å². The minimum absolute atomic E-state index is 0.909. The van der Waals surface area contributed by atoms with Gasteiger partial charge < -0.3 is 5.11 Å². The Morgan fingerprint density at radius 1 is 0.800 bits per heavy atom. The lowest BCUT2D eigenvalue weighted by molar-refractivity contribution is -0.131. The van der Waals surface area contributed by atoms with Crippen LogP contribution in [0.15, 0.2) is 36.5 Å². The predicted molar refractivity (Wildman–Crippen MR) is 86.9 cm³/mol. The van der Waals surface area contributed by atoms with Gasteiger partial charge in [-0.1, -0.05) is 88.7 Å². The Balaban J connectivity index is 3.25. The van der Waals surface area contributed by atoms with Crippen molar-refractivity contribution in [1.82, 2.24) is 0 Å². The Hall–Kier alpha value is -1.31. The number of carboxylic acid groups (broad SMARTS) is 1. The maximum absolute atomic E-state index is 10.2. The quantitative estimate of drug-likeness (QED) is 0.268. The van der Waals surface area contributed by atoms with Crippen molar-refractivity contribution in [2.75, 3.05) is 0 Å². The van der Waals surface area contributed by atoms with Gasteiger partial charge in [0.05, 0.1) is 0 Å². The molecule has 0 aliphatic heterocycles. The summed E-state index contributed by atoms with van der Waals surface area (Å²) in [6.07, 6.45) is 23.7. The normalized spacial score (nSPS) is 12.1. The molecular weight excluding hydrogens is 248 g/mol. The number of rotatable bonds is 13. The van der Waals surface area contributed by atoms with Gasteiger partial charge in [0.1, 0.15) is 0 Å². The van der Waals surface area contributed by atoms with E-state index in [-0.39, 0.29) is 0 Å². The van der Waals surface area contributed by atoms with Crippen molar-refractivity contribution in [2.45, 2.75) is 71.1 Å². The van der Waals surface area contributed by atoms with Gasteiger partial charge in [-0.3, -0.25) is 0 Å². The van der Waals surface area contributed by atoms with Gasteiger partial charge in [0.2, 0.25) is 0 Å². The van der Waals surface area contributed by atoms with Gasteiger partial charge in [-0.05, 0) is 12.8 Å². The molecule has 0 aromatic rings. The number of carbonyl (C=O) groups is 1. The van der Waals surface area contributed by atoms with E-state index >= 15 is 0 Å². The Labute approximate surface area is 124 Å². The molecule has 0 fully saturated rings. The van der Waals surface area contributed by atoms with Gasteiger partial charge in [0.25, 0.3) is 0 Å². The summed E-state index contributed by atoms with van der Waals surface area (Å²) < 4.78 is 0. The second kappa shape index (κ2) is 15.7. The van der Waals surface area contributed by atoms with Crippen LogP contribution in [-0.4, -0.2) is 11.1 Å². The maximum atomic E-state index is 10.2. The number of hydrogen-bond donors (Lipinski definition) is 1. The largest absolute Gasteiger partial charge is 0.478 e. The minimum atomic E-state index is -0.909. The SMILES string of the molecule is CCCCCCCCCCC/C=C/C=C\C=C\C(=O)O. The van der Waals surface area contributed by atoms with Crippen LogP contribution >= 0.6 is 0 Å². The first kappa shape index (κ1) is 18.7. The summed E-state index contributed by atoms with van der Waals surface area (Å²) in [7, 11) is 0. The van der Waals surface area contributed by atoms with Crippen molar-refractivity contribution in [1.29, 1.82) is 0 Å². The van der Waals surface area contributed by atoms with Crippen LogP contribution in [0.2, 0.25) is 0 Å². The second-order valence-electron chi connectivity index (χ2n) is 5.13. The van der Waals surface area contributed by atoms with E-state index in [1.165, 1.54) is 63.9 Å². The molecule has 0 amide bonds. The molecule has 0 aromatic heterocycles. The molecule has 0 bridgehead atoms. The molecule has 114 valence electrons. The fraction of sp³-hybridized carbons (Fsp3) is 0.611. The summed E-state index contributed by atoms with van der Waals surface area (Å²) >= 11 is 0. The van der Waals surface area contributed by atoms with Crippen LogP contribution in [0.1, 0.15) is 71.1 Å². The third-order valence-corrected chi connectivity index (χ3v) is 3.18. The van der Waals surface area contributed by atoms with E-state index < -0.39 is 5.97 Å². The van der Waals surface area contributed by atoms with Crippen molar-refractivity contribution in [3.05, 3.63) is 36.5 Å². The zero-order chi connectivity index (χ0) is 14.9. The van der Waals surface area contributed by atoms with Crippen LogP contribution in [0, 0.1) is 0 Å². The monoisotopic (exact) mass is 278 g/mol. The van der Waals surface area contributed by atoms with Crippen LogP contribution in [0.3, 0.4) is 0 Å². The molecule has 0 heterocycles. The number of unbranched alkanes of at least 4 members (excludes halogenated alkanes) is 9. The molecule has 2 heteroatoms. The molecule has 0 spiro atoms. The lowest BCUT2D eigenvalue weighted by atomic mass is 10.1. The lowest BCUT2D eigenvalue weighted by Crippen LogP contribution is -1.84. The van der Waals surface area contributed by atoms with Crippen molar-refractivity contribution < 1.29 is 9.90 Å². The van der Waals surface area contributed by atoms with E-state index in [1.807, 2.05) is 12.2 Å². The van der Waals surface area contributed by atoms with Gasteiger partial charge in [0.15, 0.2) is 0 Å². The van der Waals surface area contributed by atoms with Gasteiger partial charge >= 0.3 is 5.97 Å². The van der Waals surface area contributed by atoms with Crippen molar-refractivity contribution in [3.63, 3.8) is 0 Å². The zero-order valence-electron chi connectivity index (χ0n) is 12.9. The van der Waals surface area contributed by atoms with Crippen LogP contribution in [-0.2, 0) is 4.79 Å². The zero-order valence-corrected chi connectivity index (χ0v) is 12.9. The Morgan fingerprint density at radius 3 is 1.95 bits per heavy atom. The molecule has 0 aliphatic rings. The Bertz CT molecular complexity index is 301. The summed E-state index contributed by atoms with van der Waals surface area (Å²) in [5.74, 6) is -0.909. The van der Waals surface area contributed by atoms with E-state index in [9.17, 15) is 4.79 Å². The van der Waals surface area contributed by atoms with Crippen molar-refractivity contribution in [3.8, 4) is 0 Å². The highest BCUT2D eigenvalue weighted by Crippen LogP contribution is 2.10. The first-order chi connectivity index (χ1) is 9.77. The number of allylic oxidation sites excluding steroid dienone is 5. The molecule has 20 heavy (non-hydrogen) atoms. The molecule has 0 unspecified atom stereocenters. The number of carboxylic acids is 1. The van der Waals surface area contributed by atoms with Gasteiger partial charge in [0, 0.05) is 6.08 Å². The molecule has 1 N–H and O–H groups in total. The smallest absolute Gasteiger partial charge is 0.328 e. The highest BCUT2D eigenvalue weighted by Gasteiger charge is 1.90. The first-order valence-corrected chi connectivity index (χ1v) is 8.00. The molecule has 0 aromatic carbocycles. The topological polar surface area (TPSA) is 37.3 Å². The molecule has 0 saturated heterocycles. The van der Waals surface area contributed by atoms with Crippen molar-refractivity contribution >= 4 is 5.97 Å². The molecule has 0 rings (SSSR count). The molecule has 0 radical (unpaired) electrons. The highest BCUT2D eigenvalue weighted by atomic mass is 16.4. The predicted octanol–water partition coefficient (Wildman–Crippen LogP) is 5.66. The average Bonchev–Trinajstić information content (AvgIpc) is 2.43. The van der Waals surface area contributed by atoms with Crippen LogP contribution in [0.5, 0.6) is 0 Å². The summed E-state index contributed by atoms with van der Waals surface area (Å²) in [6, 6.07) is 0. The van der Waals surface area contributed by atoms with Crippen molar-refractivity contribution in [2.24, 2.45) is 0 Å². The van der Waals surface area contributed by atoms with Crippen LogP contribution < -0.4 is 0 Å². The number of hydrogen-bond acceptors (Lipinski definition) is 1. The van der Waals surface area contributed by atoms with E-state index in [0.29, 0.717) is 0 Å². The molecule has 0 saturated carbocycles. The Kier molecular flexibility index (Phi) is 14.7. The minimum Gasteiger partial charge on any atom is -0.478 e. The van der Waals surface area contributed by atoms with E-state index in [0.717, 1.165) is 12.5 Å². The standard InChI is InChI=1S/C18H30O2/c1-2-3-4-5-6-7-8-9-10-11-12-13-14-15-16-17-18(19)20/h12-17H,2-11H2,1H3,(H,19,20)/b13-12+,15-14-,17-16+. The maximum Gasteiger partial charge on any atom is 0.328 e. The third kappa shape index (κ3) is 16.7. The van der Waals surface area contributed by atoms with Crippen LogP contribution in [0.25, 0.3) is 0 Å². The first-order valence-electron chi connectivity index (χ1n) is 8.00. The summed E-state index contributed by atoms with van der Waals surface area (Å²) in [6.45, 7) is 2.26. The van der Waals surface area contributed by atoms with E-state index in [2.05, 4.69) is 13.0 Å². The lowest BCUT2D eigenvalue weighted by Gasteiger charge is -2.00. The second-order valence-corrected chi connectivity index (χ2v) is 5.13. The fourth-order valence-corrected chi connectivity index (χ4v) is 2.01. The highest BCUT2D eigenvalue weighted by molar-refractivity contribution is 5.80. The Morgan fingerprint density at radius 2 is 1.35 bits per heavy atom. The summed E-state index contributed by atoms with van der Waals surface area (Å²) in [4.78, 5) is 10.2. The van der Waals surface area contributed by atoms with E-state index in [4.69, 9.17) is 5.11 Å². The third-order valence-electron chi connectivity index (χ3n) is 3.18. The average molecular weight is 278 g/mol. The van der Waals surface area contributed by atoms with Gasteiger partial charge in [-0.2, -0.15) is 0 Å². The fourth-order valence-electron chi connectivity index (χ4n) is 2.01. The van der Waals surface area contributed by atoms with E-state index in [1.54, 1.807) is 6.08 Å². The molecule has 0 aliphatic carbocycles. The molecule has 0 atom stereocenters. The van der Waals surface area contributed by atoms with Gasteiger partial charge in [-0.25, -0.2) is 4.79 Å². The molecule has 2 nitrogen and oxygen atoms in total. The summed E-state index contributed by atoms with van der Waals surface area (Å²) in [5, 5.41) is 8.38.